The quantitative estimate of drug-likeness (QED) is 0.816. The Labute approximate surface area is 100 Å². The molecule has 1 N–H and O–H groups in total. The normalized spacial score (nSPS) is 14.0. The van der Waals surface area contributed by atoms with Crippen molar-refractivity contribution in [3.8, 4) is 11.4 Å². The number of rotatable bonds is 1. The van der Waals surface area contributed by atoms with Crippen LogP contribution in [0, 0.1) is 0 Å². The zero-order valence-electron chi connectivity index (χ0n) is 8.76. The number of aromatic nitrogens is 3. The summed E-state index contributed by atoms with van der Waals surface area (Å²) in [4.78, 5) is 0. The average Bonchev–Trinajstić information content (AvgIpc) is 2.74. The lowest BCUT2D eigenvalue weighted by atomic mass is 10.2. The number of hydrogen-bond donors (Lipinski definition) is 1. The topological polar surface area (TPSA) is 42.7 Å². The standard InChI is InChI=1S/C11H12N4.ClH/c1-2-4-9(5-3-1)11-14-13-10-8-12-6-7-15(10)11;/h1-5,12H,6-8H2;1H. The minimum Gasteiger partial charge on any atom is -0.309 e. The Morgan fingerprint density at radius 2 is 1.94 bits per heavy atom. The molecule has 0 radical (unpaired) electrons. The van der Waals surface area contributed by atoms with E-state index in [-0.39, 0.29) is 12.4 Å². The minimum absolute atomic E-state index is 0. The molecule has 2 aromatic rings. The molecule has 0 spiro atoms. The number of hydrogen-bond acceptors (Lipinski definition) is 3. The molecule has 1 aromatic carbocycles. The van der Waals surface area contributed by atoms with Gasteiger partial charge in [0.15, 0.2) is 5.82 Å². The van der Waals surface area contributed by atoms with E-state index in [1.54, 1.807) is 0 Å². The number of nitrogens with one attached hydrogen (secondary N) is 1. The zero-order chi connectivity index (χ0) is 10.1. The smallest absolute Gasteiger partial charge is 0.164 e. The molecule has 0 atom stereocenters. The zero-order valence-corrected chi connectivity index (χ0v) is 9.57. The summed E-state index contributed by atoms with van der Waals surface area (Å²) in [5.74, 6) is 2.01. The summed E-state index contributed by atoms with van der Waals surface area (Å²) in [5.41, 5.74) is 1.14. The van der Waals surface area contributed by atoms with E-state index in [2.05, 4.69) is 32.2 Å². The summed E-state index contributed by atoms with van der Waals surface area (Å²) < 4.78 is 2.19. The van der Waals surface area contributed by atoms with Crippen molar-refractivity contribution in [1.82, 2.24) is 20.1 Å². The maximum absolute atomic E-state index is 4.24. The molecule has 0 saturated carbocycles. The Morgan fingerprint density at radius 3 is 2.75 bits per heavy atom. The van der Waals surface area contributed by atoms with Crippen LogP contribution in [-0.4, -0.2) is 21.3 Å². The lowest BCUT2D eigenvalue weighted by Crippen LogP contribution is -2.28. The molecule has 84 valence electrons. The van der Waals surface area contributed by atoms with Gasteiger partial charge in [-0.1, -0.05) is 30.3 Å². The first-order valence-electron chi connectivity index (χ1n) is 5.13. The number of nitrogens with zero attached hydrogens (tertiary/aromatic N) is 3. The molecule has 1 aromatic heterocycles. The number of fused-ring (bicyclic) bond motifs is 1. The van der Waals surface area contributed by atoms with Crippen LogP contribution in [0.2, 0.25) is 0 Å². The van der Waals surface area contributed by atoms with Gasteiger partial charge in [-0.15, -0.1) is 22.6 Å². The molecule has 5 heteroatoms. The Hall–Kier alpha value is -1.39. The third-order valence-corrected chi connectivity index (χ3v) is 2.65. The van der Waals surface area contributed by atoms with Gasteiger partial charge in [0.1, 0.15) is 5.82 Å². The van der Waals surface area contributed by atoms with Gasteiger partial charge in [0, 0.05) is 18.7 Å². The lowest BCUT2D eigenvalue weighted by molar-refractivity contribution is 0.508. The van der Waals surface area contributed by atoms with Gasteiger partial charge < -0.3 is 9.88 Å². The Morgan fingerprint density at radius 1 is 1.12 bits per heavy atom. The molecular weight excluding hydrogens is 224 g/mol. The van der Waals surface area contributed by atoms with Crippen LogP contribution in [0.4, 0.5) is 0 Å². The molecule has 0 aliphatic carbocycles. The first-order chi connectivity index (χ1) is 7.45. The van der Waals surface area contributed by atoms with E-state index in [4.69, 9.17) is 0 Å². The molecular formula is C11H13ClN4. The van der Waals surface area contributed by atoms with Crippen LogP contribution in [-0.2, 0) is 13.1 Å². The van der Waals surface area contributed by atoms with Gasteiger partial charge in [-0.3, -0.25) is 0 Å². The first kappa shape index (κ1) is 11.1. The van der Waals surface area contributed by atoms with Gasteiger partial charge >= 0.3 is 0 Å². The van der Waals surface area contributed by atoms with Gasteiger partial charge in [-0.2, -0.15) is 0 Å². The molecule has 0 amide bonds. The molecule has 0 unspecified atom stereocenters. The van der Waals surface area contributed by atoms with Crippen molar-refractivity contribution >= 4 is 12.4 Å². The van der Waals surface area contributed by atoms with E-state index in [0.717, 1.165) is 36.8 Å². The molecule has 0 fully saturated rings. The highest BCUT2D eigenvalue weighted by atomic mass is 35.5. The molecule has 16 heavy (non-hydrogen) atoms. The largest absolute Gasteiger partial charge is 0.309 e. The van der Waals surface area contributed by atoms with E-state index in [0.29, 0.717) is 0 Å². The van der Waals surface area contributed by atoms with Gasteiger partial charge in [-0.05, 0) is 0 Å². The second-order valence-electron chi connectivity index (χ2n) is 3.63. The van der Waals surface area contributed by atoms with Crippen molar-refractivity contribution in [2.45, 2.75) is 13.1 Å². The highest BCUT2D eigenvalue weighted by Gasteiger charge is 2.15. The van der Waals surface area contributed by atoms with Crippen molar-refractivity contribution in [1.29, 1.82) is 0 Å². The highest BCUT2D eigenvalue weighted by molar-refractivity contribution is 5.85. The third kappa shape index (κ3) is 1.81. The first-order valence-corrected chi connectivity index (χ1v) is 5.13. The summed E-state index contributed by atoms with van der Waals surface area (Å²) in [5, 5.41) is 11.7. The van der Waals surface area contributed by atoms with E-state index < -0.39 is 0 Å². The summed E-state index contributed by atoms with van der Waals surface area (Å²) in [7, 11) is 0. The Bertz CT molecular complexity index is 466. The summed E-state index contributed by atoms with van der Waals surface area (Å²) in [6, 6.07) is 10.2. The van der Waals surface area contributed by atoms with Gasteiger partial charge in [0.05, 0.1) is 6.54 Å². The fourth-order valence-electron chi connectivity index (χ4n) is 1.89. The summed E-state index contributed by atoms with van der Waals surface area (Å²) in [6.45, 7) is 2.76. The molecule has 3 rings (SSSR count). The SMILES string of the molecule is Cl.c1ccc(-c2nnc3n2CCNC3)cc1. The van der Waals surface area contributed by atoms with Crippen LogP contribution in [0.3, 0.4) is 0 Å². The maximum Gasteiger partial charge on any atom is 0.164 e. The fourth-order valence-corrected chi connectivity index (χ4v) is 1.89. The lowest BCUT2D eigenvalue weighted by Gasteiger charge is -2.15. The Kier molecular flexibility index (Phi) is 3.22. The average molecular weight is 237 g/mol. The monoisotopic (exact) mass is 236 g/mol. The van der Waals surface area contributed by atoms with Crippen LogP contribution in [0.5, 0.6) is 0 Å². The van der Waals surface area contributed by atoms with Crippen molar-refractivity contribution < 1.29 is 0 Å². The van der Waals surface area contributed by atoms with Gasteiger partial charge in [0.25, 0.3) is 0 Å². The second-order valence-corrected chi connectivity index (χ2v) is 3.63. The van der Waals surface area contributed by atoms with Gasteiger partial charge in [0.2, 0.25) is 0 Å². The van der Waals surface area contributed by atoms with Gasteiger partial charge in [-0.25, -0.2) is 0 Å². The van der Waals surface area contributed by atoms with E-state index in [9.17, 15) is 0 Å². The van der Waals surface area contributed by atoms with Crippen LogP contribution in [0.1, 0.15) is 5.82 Å². The highest BCUT2D eigenvalue weighted by Crippen LogP contribution is 2.18. The molecule has 1 aliphatic rings. The predicted molar refractivity (Wildman–Crippen MR) is 64.4 cm³/mol. The number of halogens is 1. The molecule has 2 heterocycles. The van der Waals surface area contributed by atoms with E-state index in [1.165, 1.54) is 0 Å². The fraction of sp³-hybridized carbons (Fsp3) is 0.273. The minimum atomic E-state index is 0. The third-order valence-electron chi connectivity index (χ3n) is 2.65. The summed E-state index contributed by atoms with van der Waals surface area (Å²) >= 11 is 0. The van der Waals surface area contributed by atoms with Crippen LogP contribution >= 0.6 is 12.4 Å². The molecule has 0 saturated heterocycles. The number of benzene rings is 1. The second kappa shape index (κ2) is 4.63. The van der Waals surface area contributed by atoms with Crippen molar-refractivity contribution in [2.24, 2.45) is 0 Å². The van der Waals surface area contributed by atoms with Crippen LogP contribution < -0.4 is 5.32 Å². The molecule has 0 bridgehead atoms. The van der Waals surface area contributed by atoms with E-state index in [1.807, 2.05) is 18.2 Å². The maximum atomic E-state index is 4.24. The molecule has 1 aliphatic heterocycles. The summed E-state index contributed by atoms with van der Waals surface area (Å²) in [6.07, 6.45) is 0. The van der Waals surface area contributed by atoms with Crippen LogP contribution in [0.25, 0.3) is 11.4 Å². The van der Waals surface area contributed by atoms with Crippen molar-refractivity contribution in [3.63, 3.8) is 0 Å². The van der Waals surface area contributed by atoms with E-state index >= 15 is 0 Å². The van der Waals surface area contributed by atoms with Crippen LogP contribution in [0.15, 0.2) is 30.3 Å². The molecule has 4 nitrogen and oxygen atoms in total. The Balaban J connectivity index is 0.000000963. The van der Waals surface area contributed by atoms with Crippen molar-refractivity contribution in [3.05, 3.63) is 36.2 Å². The predicted octanol–water partition coefficient (Wildman–Crippen LogP) is 1.47. The van der Waals surface area contributed by atoms with Crippen molar-refractivity contribution in [2.75, 3.05) is 6.54 Å².